The summed E-state index contributed by atoms with van der Waals surface area (Å²) in [5, 5.41) is 14.7. The maximum atomic E-state index is 12.2. The zero-order valence-corrected chi connectivity index (χ0v) is 17.3. The van der Waals surface area contributed by atoms with Gasteiger partial charge in [-0.3, -0.25) is 0 Å². The molecule has 0 aliphatic carbocycles. The summed E-state index contributed by atoms with van der Waals surface area (Å²) >= 11 is 7.42. The Labute approximate surface area is 169 Å². The zero-order chi connectivity index (χ0) is 18.8. The first-order valence-electron chi connectivity index (χ1n) is 8.27. The van der Waals surface area contributed by atoms with Crippen LogP contribution in [0.3, 0.4) is 0 Å². The normalized spacial score (nSPS) is 10.7. The van der Waals surface area contributed by atoms with Crippen molar-refractivity contribution in [3.8, 4) is 11.1 Å². The van der Waals surface area contributed by atoms with Gasteiger partial charge in [-0.15, -0.1) is 0 Å². The molecule has 4 rings (SSSR count). The summed E-state index contributed by atoms with van der Waals surface area (Å²) in [7, 11) is 0. The van der Waals surface area contributed by atoms with Crippen molar-refractivity contribution in [3.63, 3.8) is 0 Å². The number of hydrogen-bond donors (Lipinski definition) is 3. The van der Waals surface area contributed by atoms with Crippen molar-refractivity contribution in [2.45, 2.75) is 0 Å². The van der Waals surface area contributed by atoms with Gasteiger partial charge in [0, 0.05) is 5.02 Å². The number of H-pyrrole nitrogens is 1. The molecule has 0 radical (unpaired) electrons. The summed E-state index contributed by atoms with van der Waals surface area (Å²) in [6.45, 7) is 0. The first-order valence-corrected chi connectivity index (χ1v) is 9.86. The summed E-state index contributed by atoms with van der Waals surface area (Å²) in [5.74, 6) is 0. The Hall–Kier alpha value is -2.75. The Kier molecular flexibility index (Phi) is 4.88. The predicted molar refractivity (Wildman–Crippen MR) is 114 cm³/mol. The smallest absolute Gasteiger partial charge is 0.0843 e. The van der Waals surface area contributed by atoms with Gasteiger partial charge in [-0.25, -0.2) is 0 Å². The molecule has 1 unspecified atom stereocenters. The fourth-order valence-corrected chi connectivity index (χ4v) is 3.91. The van der Waals surface area contributed by atoms with E-state index in [1.54, 1.807) is 24.3 Å². The third-order valence-electron chi connectivity index (χ3n) is 4.15. The molecular weight excluding hydrogens is 423 g/mol. The first-order chi connectivity index (χ1) is 13.1. The van der Waals surface area contributed by atoms with Crippen LogP contribution in [0, 0.1) is 0 Å². The molecule has 1 heterocycles. The average molecular weight is 439 g/mol. The quantitative estimate of drug-likeness (QED) is 0.426. The van der Waals surface area contributed by atoms with E-state index in [0.29, 0.717) is 16.4 Å². The summed E-state index contributed by atoms with van der Waals surface area (Å²) in [6.07, 6.45) is 0. The molecule has 0 saturated heterocycles. The number of halogens is 1. The molecule has 2 amide bonds. The van der Waals surface area contributed by atoms with Crippen molar-refractivity contribution in [2.75, 3.05) is 10.6 Å². The number of aromatic nitrogens is 2. The zero-order valence-electron chi connectivity index (χ0n) is 14.2. The summed E-state index contributed by atoms with van der Waals surface area (Å²) < 4.78 is 1.02. The van der Waals surface area contributed by atoms with Gasteiger partial charge in [-0.2, -0.15) is 0 Å². The van der Waals surface area contributed by atoms with E-state index in [1.807, 2.05) is 36.4 Å². The molecule has 3 N–H and O–H groups in total. The van der Waals surface area contributed by atoms with Crippen LogP contribution in [0.5, 0.6) is 0 Å². The van der Waals surface area contributed by atoms with Gasteiger partial charge in [0.2, 0.25) is 0 Å². The molecule has 0 fully saturated rings. The van der Waals surface area contributed by atoms with Crippen LogP contribution in [0.25, 0.3) is 22.0 Å². The Bertz CT molecular complexity index is 1120. The van der Waals surface area contributed by atoms with E-state index >= 15 is 0 Å². The van der Waals surface area contributed by atoms with Gasteiger partial charge in [0.25, 0.3) is 0 Å². The van der Waals surface area contributed by atoms with Crippen molar-refractivity contribution in [2.24, 2.45) is 0 Å². The molecule has 1 aromatic heterocycles. The number of aromatic amines is 1. The second-order valence-corrected chi connectivity index (χ2v) is 7.59. The number of nitrogens with one attached hydrogen (secondary N) is 3. The van der Waals surface area contributed by atoms with Crippen molar-refractivity contribution in [3.05, 3.63) is 71.8 Å². The van der Waals surface area contributed by atoms with Gasteiger partial charge in [-0.1, -0.05) is 17.7 Å². The maximum absolute atomic E-state index is 12.2. The van der Waals surface area contributed by atoms with Crippen LogP contribution < -0.4 is 15.1 Å². The third kappa shape index (κ3) is 3.85. The predicted octanol–water partition coefficient (Wildman–Crippen LogP) is 3.79. The second kappa shape index (κ2) is 7.47. The standard InChI is InChI=1S/C20H16AsClN4O/c21-19-18-16(5-2-6-17(18)25-26-19)12-7-9-14(10-8-12)23-20(27)24-15-4-1-3-13(22)11-15/h1-11H,21H2,(H,25,26)(H2,23,24,27). The molecule has 27 heavy (non-hydrogen) atoms. The van der Waals surface area contributed by atoms with Crippen LogP contribution in [-0.4, -0.2) is 33.1 Å². The van der Waals surface area contributed by atoms with Crippen molar-refractivity contribution >= 4 is 61.2 Å². The van der Waals surface area contributed by atoms with E-state index in [4.69, 9.17) is 11.6 Å². The van der Waals surface area contributed by atoms with Gasteiger partial charge in [0.05, 0.1) is 0 Å². The molecule has 0 spiro atoms. The molecule has 7 heteroatoms. The van der Waals surface area contributed by atoms with E-state index in [0.717, 1.165) is 26.5 Å². The van der Waals surface area contributed by atoms with Crippen LogP contribution in [-0.2, 0) is 0 Å². The Morgan fingerprint density at radius 2 is 1.70 bits per heavy atom. The number of carbonyl (C=O) groups excluding carboxylic acids is 1. The Morgan fingerprint density at radius 3 is 2.48 bits per heavy atom. The van der Waals surface area contributed by atoms with Gasteiger partial charge in [0.1, 0.15) is 0 Å². The summed E-state index contributed by atoms with van der Waals surface area (Å²) in [6, 6.07) is 20.5. The fourth-order valence-electron chi connectivity index (χ4n) is 2.93. The molecule has 1 atom stereocenters. The number of anilines is 2. The van der Waals surface area contributed by atoms with Crippen LogP contribution in [0.2, 0.25) is 5.02 Å². The SMILES string of the molecule is O=C(Nc1ccc(-c2cccc3[nH]nc([AsH2])c23)cc1)Nc1cccc(Cl)c1. The number of hydrogen-bond acceptors (Lipinski definition) is 2. The third-order valence-corrected chi connectivity index (χ3v) is 5.27. The minimum Gasteiger partial charge on any atom is -0.0843 e. The number of nitrogens with zero attached hydrogens (tertiary/aromatic N) is 1. The molecule has 0 aliphatic heterocycles. The molecule has 134 valence electrons. The first kappa shape index (κ1) is 17.7. The average Bonchev–Trinajstić information content (AvgIpc) is 3.04. The second-order valence-electron chi connectivity index (χ2n) is 6.00. The number of benzene rings is 3. The number of urea groups is 1. The summed E-state index contributed by atoms with van der Waals surface area (Å²) in [5.41, 5.74) is 4.56. The van der Waals surface area contributed by atoms with E-state index in [2.05, 4.69) is 26.9 Å². The number of rotatable bonds is 3. The van der Waals surface area contributed by atoms with E-state index in [1.165, 1.54) is 16.9 Å². The van der Waals surface area contributed by atoms with Crippen LogP contribution >= 0.6 is 11.6 Å². The molecule has 3 aromatic carbocycles. The van der Waals surface area contributed by atoms with E-state index in [-0.39, 0.29) is 6.03 Å². The number of amides is 2. The van der Waals surface area contributed by atoms with Gasteiger partial charge in [-0.05, 0) is 6.07 Å². The number of fused-ring (bicyclic) bond motifs is 1. The van der Waals surface area contributed by atoms with Crippen molar-refractivity contribution in [1.29, 1.82) is 0 Å². The molecule has 5 nitrogen and oxygen atoms in total. The van der Waals surface area contributed by atoms with Crippen molar-refractivity contribution in [1.82, 2.24) is 10.2 Å². The molecule has 0 aliphatic rings. The van der Waals surface area contributed by atoms with E-state index in [9.17, 15) is 4.79 Å². The van der Waals surface area contributed by atoms with Crippen LogP contribution in [0.4, 0.5) is 16.2 Å². The van der Waals surface area contributed by atoms with Crippen LogP contribution in [0.1, 0.15) is 0 Å². The monoisotopic (exact) mass is 438 g/mol. The molecule has 0 bridgehead atoms. The molecular formula is C20H16AsClN4O. The van der Waals surface area contributed by atoms with Gasteiger partial charge < -0.3 is 0 Å². The minimum absolute atomic E-state index is 0.319. The van der Waals surface area contributed by atoms with Gasteiger partial charge >= 0.3 is 141 Å². The number of carbonyl (C=O) groups is 1. The molecule has 4 aromatic rings. The Balaban J connectivity index is 1.52. The molecule has 0 saturated carbocycles. The van der Waals surface area contributed by atoms with Crippen LogP contribution in [0.15, 0.2) is 66.7 Å². The topological polar surface area (TPSA) is 69.8 Å². The fraction of sp³-hybridized carbons (Fsp3) is 0. The van der Waals surface area contributed by atoms with E-state index < -0.39 is 0 Å². The Morgan fingerprint density at radius 1 is 0.963 bits per heavy atom. The van der Waals surface area contributed by atoms with Crippen molar-refractivity contribution < 1.29 is 4.79 Å². The van der Waals surface area contributed by atoms with Gasteiger partial charge in [0.15, 0.2) is 0 Å². The minimum atomic E-state index is -0.319. The summed E-state index contributed by atoms with van der Waals surface area (Å²) in [4.78, 5) is 12.2.